The van der Waals surface area contributed by atoms with Gasteiger partial charge in [0.15, 0.2) is 0 Å². The maximum atomic E-state index is 10.9. The summed E-state index contributed by atoms with van der Waals surface area (Å²) in [7, 11) is 0. The van der Waals surface area contributed by atoms with Gasteiger partial charge in [0.25, 0.3) is 0 Å². The predicted molar refractivity (Wildman–Crippen MR) is 94.5 cm³/mol. The molecule has 0 radical (unpaired) electrons. The second-order valence-electron chi connectivity index (χ2n) is 5.55. The number of nitrogens with zero attached hydrogens (tertiary/aromatic N) is 1. The molecule has 1 aliphatic rings. The molecule has 0 saturated carbocycles. The van der Waals surface area contributed by atoms with Gasteiger partial charge in [0, 0.05) is 11.1 Å². The summed E-state index contributed by atoms with van der Waals surface area (Å²) >= 11 is 0. The first kappa shape index (κ1) is 14.2. The van der Waals surface area contributed by atoms with Gasteiger partial charge in [-0.1, -0.05) is 48.5 Å². The summed E-state index contributed by atoms with van der Waals surface area (Å²) in [6.07, 6.45) is 0. The number of hydrogen-bond acceptors (Lipinski definition) is 3. The summed E-state index contributed by atoms with van der Waals surface area (Å²) < 4.78 is 0. The molecule has 4 nitrogen and oxygen atoms in total. The van der Waals surface area contributed by atoms with E-state index in [2.05, 4.69) is 34.8 Å². The van der Waals surface area contributed by atoms with E-state index in [1.807, 2.05) is 24.3 Å². The smallest absolute Gasteiger partial charge is 0.335 e. The van der Waals surface area contributed by atoms with Crippen molar-refractivity contribution >= 4 is 17.4 Å². The third-order valence-electron chi connectivity index (χ3n) is 4.08. The third kappa shape index (κ3) is 2.34. The van der Waals surface area contributed by atoms with Crippen molar-refractivity contribution in [3.05, 3.63) is 89.5 Å². The number of rotatable bonds is 3. The zero-order chi connectivity index (χ0) is 16.5. The van der Waals surface area contributed by atoms with E-state index in [0.717, 1.165) is 22.5 Å². The van der Waals surface area contributed by atoms with Crippen molar-refractivity contribution in [1.82, 2.24) is 0 Å². The minimum absolute atomic E-state index is 0.254. The number of nitrogens with one attached hydrogen (secondary N) is 1. The number of benzene rings is 3. The average molecular weight is 314 g/mol. The SMILES string of the molecule is O=C(O)c1ccc(NN=C2c3ccccc3-c3ccccc32)cc1. The Kier molecular flexibility index (Phi) is 3.35. The fraction of sp³-hybridized carbons (Fsp3) is 0. The van der Waals surface area contributed by atoms with Gasteiger partial charge < -0.3 is 5.11 Å². The van der Waals surface area contributed by atoms with Gasteiger partial charge in [-0.05, 0) is 35.4 Å². The molecule has 24 heavy (non-hydrogen) atoms. The largest absolute Gasteiger partial charge is 0.478 e. The summed E-state index contributed by atoms with van der Waals surface area (Å²) in [4.78, 5) is 10.9. The van der Waals surface area contributed by atoms with Gasteiger partial charge >= 0.3 is 5.97 Å². The van der Waals surface area contributed by atoms with Gasteiger partial charge in [-0.15, -0.1) is 0 Å². The third-order valence-corrected chi connectivity index (χ3v) is 4.08. The minimum atomic E-state index is -0.938. The Morgan fingerprint density at radius 3 is 1.75 bits per heavy atom. The van der Waals surface area contributed by atoms with E-state index in [-0.39, 0.29) is 5.56 Å². The van der Waals surface area contributed by atoms with Gasteiger partial charge in [0.1, 0.15) is 0 Å². The number of aromatic carboxylic acids is 1. The van der Waals surface area contributed by atoms with Crippen molar-refractivity contribution < 1.29 is 9.90 Å². The average Bonchev–Trinajstić information content (AvgIpc) is 2.94. The Hall–Kier alpha value is -3.40. The van der Waals surface area contributed by atoms with Crippen molar-refractivity contribution in [3.63, 3.8) is 0 Å². The zero-order valence-corrected chi connectivity index (χ0v) is 12.7. The van der Waals surface area contributed by atoms with Crippen molar-refractivity contribution in [2.75, 3.05) is 5.43 Å². The zero-order valence-electron chi connectivity index (χ0n) is 12.7. The van der Waals surface area contributed by atoms with E-state index in [0.29, 0.717) is 0 Å². The van der Waals surface area contributed by atoms with Crippen LogP contribution in [0.1, 0.15) is 21.5 Å². The van der Waals surface area contributed by atoms with Crippen LogP contribution in [-0.2, 0) is 0 Å². The van der Waals surface area contributed by atoms with Gasteiger partial charge in [-0.25, -0.2) is 4.79 Å². The summed E-state index contributed by atoms with van der Waals surface area (Å²) in [5.74, 6) is -0.938. The molecule has 0 saturated heterocycles. The lowest BCUT2D eigenvalue weighted by Gasteiger charge is -2.05. The molecule has 3 aromatic rings. The minimum Gasteiger partial charge on any atom is -0.478 e. The summed E-state index contributed by atoms with van der Waals surface area (Å²) in [5.41, 5.74) is 9.45. The van der Waals surface area contributed by atoms with E-state index in [9.17, 15) is 4.79 Å². The van der Waals surface area contributed by atoms with Crippen LogP contribution in [0.4, 0.5) is 5.69 Å². The summed E-state index contributed by atoms with van der Waals surface area (Å²) in [6.45, 7) is 0. The number of carboxylic acid groups (broad SMARTS) is 1. The van der Waals surface area contributed by atoms with Crippen LogP contribution in [-0.4, -0.2) is 16.8 Å². The fourth-order valence-corrected chi connectivity index (χ4v) is 2.92. The lowest BCUT2D eigenvalue weighted by Crippen LogP contribution is -2.03. The predicted octanol–water partition coefficient (Wildman–Crippen LogP) is 4.23. The van der Waals surface area contributed by atoms with Crippen LogP contribution < -0.4 is 5.43 Å². The van der Waals surface area contributed by atoms with E-state index in [4.69, 9.17) is 5.11 Å². The van der Waals surface area contributed by atoms with Gasteiger partial charge in [-0.3, -0.25) is 5.43 Å². The quantitative estimate of drug-likeness (QED) is 0.556. The molecule has 0 fully saturated rings. The molecular weight excluding hydrogens is 300 g/mol. The second kappa shape index (κ2) is 5.66. The van der Waals surface area contributed by atoms with Crippen LogP contribution in [0.5, 0.6) is 0 Å². The normalized spacial score (nSPS) is 11.6. The highest BCUT2D eigenvalue weighted by Crippen LogP contribution is 2.36. The molecule has 0 heterocycles. The summed E-state index contributed by atoms with van der Waals surface area (Å²) in [5, 5.41) is 13.5. The molecule has 4 rings (SSSR count). The Morgan fingerprint density at radius 2 is 1.25 bits per heavy atom. The topological polar surface area (TPSA) is 61.7 Å². The maximum Gasteiger partial charge on any atom is 0.335 e. The summed E-state index contributed by atoms with van der Waals surface area (Å²) in [6, 6.07) is 22.9. The van der Waals surface area contributed by atoms with E-state index < -0.39 is 5.97 Å². The fourth-order valence-electron chi connectivity index (χ4n) is 2.92. The molecule has 0 aliphatic heterocycles. The van der Waals surface area contributed by atoms with Crippen LogP contribution >= 0.6 is 0 Å². The molecule has 0 unspecified atom stereocenters. The van der Waals surface area contributed by atoms with Crippen molar-refractivity contribution in [2.45, 2.75) is 0 Å². The first-order chi connectivity index (χ1) is 11.7. The number of fused-ring (bicyclic) bond motifs is 3. The molecule has 0 bridgehead atoms. The van der Waals surface area contributed by atoms with Crippen molar-refractivity contribution in [1.29, 1.82) is 0 Å². The number of anilines is 1. The maximum absolute atomic E-state index is 10.9. The van der Waals surface area contributed by atoms with Gasteiger partial charge in [0.05, 0.1) is 17.0 Å². The van der Waals surface area contributed by atoms with Gasteiger partial charge in [0.2, 0.25) is 0 Å². The Morgan fingerprint density at radius 1 is 0.750 bits per heavy atom. The van der Waals surface area contributed by atoms with Crippen molar-refractivity contribution in [2.24, 2.45) is 5.10 Å². The van der Waals surface area contributed by atoms with Gasteiger partial charge in [-0.2, -0.15) is 5.10 Å². The molecule has 0 spiro atoms. The Labute approximate surface area is 139 Å². The van der Waals surface area contributed by atoms with E-state index >= 15 is 0 Å². The number of carboxylic acids is 1. The molecule has 0 atom stereocenters. The number of carbonyl (C=O) groups is 1. The first-order valence-corrected chi connectivity index (χ1v) is 7.60. The Bertz CT molecular complexity index is 912. The molecule has 116 valence electrons. The number of hydrazone groups is 1. The van der Waals surface area contributed by atoms with Crippen LogP contribution in [0, 0.1) is 0 Å². The van der Waals surface area contributed by atoms with Crippen LogP contribution in [0.25, 0.3) is 11.1 Å². The monoisotopic (exact) mass is 314 g/mol. The molecule has 1 aliphatic carbocycles. The van der Waals surface area contributed by atoms with Crippen LogP contribution in [0.15, 0.2) is 77.9 Å². The van der Waals surface area contributed by atoms with Crippen LogP contribution in [0.2, 0.25) is 0 Å². The van der Waals surface area contributed by atoms with E-state index in [1.54, 1.807) is 24.3 Å². The lowest BCUT2D eigenvalue weighted by molar-refractivity contribution is 0.0697. The second-order valence-corrected chi connectivity index (χ2v) is 5.55. The standard InChI is InChI=1S/C20H14N2O2/c23-20(24)13-9-11-14(12-10-13)21-22-19-17-7-3-1-5-15(17)16-6-2-4-8-18(16)19/h1-12,21H,(H,23,24). The lowest BCUT2D eigenvalue weighted by atomic mass is 10.1. The molecule has 3 aromatic carbocycles. The Balaban J connectivity index is 1.71. The molecule has 0 aromatic heterocycles. The highest BCUT2D eigenvalue weighted by molar-refractivity contribution is 6.24. The first-order valence-electron chi connectivity index (χ1n) is 7.60. The molecule has 4 heteroatoms. The highest BCUT2D eigenvalue weighted by atomic mass is 16.4. The van der Waals surface area contributed by atoms with Crippen LogP contribution in [0.3, 0.4) is 0 Å². The van der Waals surface area contributed by atoms with E-state index in [1.165, 1.54) is 11.1 Å². The molecular formula is C20H14N2O2. The molecule has 0 amide bonds. The van der Waals surface area contributed by atoms with Crippen molar-refractivity contribution in [3.8, 4) is 11.1 Å². The highest BCUT2D eigenvalue weighted by Gasteiger charge is 2.23. The number of hydrogen-bond donors (Lipinski definition) is 2. The molecule has 2 N–H and O–H groups in total.